The number of carbonyl (C=O) groups excluding carboxylic acids is 1. The number of nitrogens with zero attached hydrogens (tertiary/aromatic N) is 2. The van der Waals surface area contributed by atoms with Crippen LogP contribution in [0.3, 0.4) is 0 Å². The van der Waals surface area contributed by atoms with Crippen LogP contribution >= 0.6 is 0 Å². The van der Waals surface area contributed by atoms with Crippen LogP contribution in [0.4, 0.5) is 13.2 Å². The Morgan fingerprint density at radius 3 is 2.35 bits per heavy atom. The highest BCUT2D eigenvalue weighted by Crippen LogP contribution is 2.21. The second-order valence-corrected chi connectivity index (χ2v) is 4.94. The molecule has 3 nitrogen and oxygen atoms in total. The second kappa shape index (κ2) is 8.07. The van der Waals surface area contributed by atoms with Crippen molar-refractivity contribution < 1.29 is 18.0 Å². The summed E-state index contributed by atoms with van der Waals surface area (Å²) in [5, 5.41) is 3.79. The molecule has 0 saturated heterocycles. The van der Waals surface area contributed by atoms with Gasteiger partial charge in [-0.3, -0.25) is 9.48 Å². The number of aryl methyl sites for hydroxylation is 1. The molecule has 1 aromatic heterocycles. The van der Waals surface area contributed by atoms with Crippen LogP contribution in [-0.2, 0) is 6.54 Å². The second-order valence-electron chi connectivity index (χ2n) is 4.94. The molecule has 0 aromatic carbocycles. The third-order valence-electron chi connectivity index (χ3n) is 3.14. The van der Waals surface area contributed by atoms with Crippen LogP contribution in [0.1, 0.15) is 62.2 Å². The summed E-state index contributed by atoms with van der Waals surface area (Å²) in [4.78, 5) is 11.0. The first-order valence-electron chi connectivity index (χ1n) is 7.09. The van der Waals surface area contributed by atoms with E-state index in [4.69, 9.17) is 0 Å². The molecule has 114 valence electrons. The summed E-state index contributed by atoms with van der Waals surface area (Å²) >= 11 is 0. The van der Waals surface area contributed by atoms with Crippen LogP contribution < -0.4 is 0 Å². The quantitative estimate of drug-likeness (QED) is 0.499. The van der Waals surface area contributed by atoms with Crippen molar-refractivity contribution >= 4 is 5.78 Å². The Bertz CT molecular complexity index is 413. The molecule has 0 bridgehead atoms. The lowest BCUT2D eigenvalue weighted by Gasteiger charge is -2.03. The van der Waals surface area contributed by atoms with Gasteiger partial charge in [0.2, 0.25) is 0 Å². The largest absolute Gasteiger partial charge is 0.454 e. The van der Waals surface area contributed by atoms with E-state index in [9.17, 15) is 18.0 Å². The summed E-state index contributed by atoms with van der Waals surface area (Å²) in [5.74, 6) is -1.83. The van der Waals surface area contributed by atoms with E-state index >= 15 is 0 Å². The van der Waals surface area contributed by atoms with Gasteiger partial charge in [-0.15, -0.1) is 0 Å². The number of alkyl halides is 3. The van der Waals surface area contributed by atoms with Crippen LogP contribution in [0.15, 0.2) is 12.4 Å². The number of hydrogen-bond donors (Lipinski definition) is 0. The Morgan fingerprint density at radius 1 is 1.15 bits per heavy atom. The Hall–Kier alpha value is -1.33. The van der Waals surface area contributed by atoms with Crippen LogP contribution in [0.25, 0.3) is 0 Å². The molecular formula is C14H21F3N2O. The number of ketones is 1. The van der Waals surface area contributed by atoms with Gasteiger partial charge in [-0.25, -0.2) is 0 Å². The van der Waals surface area contributed by atoms with E-state index in [2.05, 4.69) is 12.0 Å². The molecule has 0 N–H and O–H groups in total. The molecule has 0 radical (unpaired) electrons. The van der Waals surface area contributed by atoms with Crippen LogP contribution in [-0.4, -0.2) is 21.7 Å². The highest BCUT2D eigenvalue weighted by molar-refractivity contribution is 5.99. The number of carbonyl (C=O) groups is 1. The van der Waals surface area contributed by atoms with Gasteiger partial charge >= 0.3 is 6.18 Å². The minimum absolute atomic E-state index is 0.388. The number of hydrogen-bond acceptors (Lipinski definition) is 2. The Balaban J connectivity index is 2.26. The molecule has 6 heteroatoms. The lowest BCUT2D eigenvalue weighted by molar-refractivity contribution is -0.0885. The summed E-state index contributed by atoms with van der Waals surface area (Å²) in [6, 6.07) is 0. The number of Topliss-reactive ketones (excluding diaryl/α,β-unsaturated/α-hetero) is 1. The number of aromatic nitrogens is 2. The fourth-order valence-corrected chi connectivity index (χ4v) is 2.00. The van der Waals surface area contributed by atoms with Gasteiger partial charge in [0.1, 0.15) is 0 Å². The Morgan fingerprint density at radius 2 is 1.75 bits per heavy atom. The standard InChI is InChI=1S/C14H21F3N2O/c1-2-3-4-5-6-7-8-9-19-11-12(10-18-19)13(20)14(15,16)17/h10-11H,2-9H2,1H3. The van der Waals surface area contributed by atoms with E-state index in [1.54, 1.807) is 0 Å². The molecule has 20 heavy (non-hydrogen) atoms. The third kappa shape index (κ3) is 5.75. The number of unbranched alkanes of at least 4 members (excludes halogenated alkanes) is 6. The van der Waals surface area contributed by atoms with Crippen molar-refractivity contribution in [2.45, 2.75) is 64.6 Å². The summed E-state index contributed by atoms with van der Waals surface area (Å²) in [6.07, 6.45) is 5.27. The molecular weight excluding hydrogens is 269 g/mol. The van der Waals surface area contributed by atoms with Gasteiger partial charge < -0.3 is 0 Å². The molecule has 1 aromatic rings. The molecule has 0 spiro atoms. The molecule has 0 amide bonds. The van der Waals surface area contributed by atoms with Gasteiger partial charge in [-0.1, -0.05) is 45.4 Å². The molecule has 1 rings (SSSR count). The van der Waals surface area contributed by atoms with Crippen molar-refractivity contribution in [1.29, 1.82) is 0 Å². The van der Waals surface area contributed by atoms with Crippen molar-refractivity contribution in [3.63, 3.8) is 0 Å². The van der Waals surface area contributed by atoms with E-state index in [1.165, 1.54) is 36.6 Å². The lowest BCUT2D eigenvalue weighted by atomic mass is 10.1. The first-order chi connectivity index (χ1) is 9.45. The van der Waals surface area contributed by atoms with Gasteiger partial charge in [-0.05, 0) is 6.42 Å². The van der Waals surface area contributed by atoms with Gasteiger partial charge in [0.15, 0.2) is 0 Å². The smallest absolute Gasteiger partial charge is 0.284 e. The van der Waals surface area contributed by atoms with Gasteiger partial charge in [-0.2, -0.15) is 18.3 Å². The maximum absolute atomic E-state index is 12.2. The zero-order chi connectivity index (χ0) is 15.0. The number of halogens is 3. The molecule has 0 saturated carbocycles. The number of rotatable bonds is 9. The van der Waals surface area contributed by atoms with Gasteiger partial charge in [0.25, 0.3) is 5.78 Å². The van der Waals surface area contributed by atoms with Gasteiger partial charge in [0.05, 0.1) is 11.8 Å². The normalized spacial score (nSPS) is 11.8. The van der Waals surface area contributed by atoms with Crippen LogP contribution in [0.2, 0.25) is 0 Å². The molecule has 0 aliphatic rings. The average Bonchev–Trinajstić information content (AvgIpc) is 2.84. The zero-order valence-electron chi connectivity index (χ0n) is 11.7. The first-order valence-corrected chi connectivity index (χ1v) is 7.09. The average molecular weight is 290 g/mol. The SMILES string of the molecule is CCCCCCCCCn1cc(C(=O)C(F)(F)F)cn1. The fraction of sp³-hybridized carbons (Fsp3) is 0.714. The van der Waals surface area contributed by atoms with E-state index < -0.39 is 12.0 Å². The van der Waals surface area contributed by atoms with Crippen molar-refractivity contribution in [3.8, 4) is 0 Å². The summed E-state index contributed by atoms with van der Waals surface area (Å²) < 4.78 is 38.0. The molecule has 0 aliphatic heterocycles. The summed E-state index contributed by atoms with van der Waals surface area (Å²) in [6.45, 7) is 2.72. The molecule has 0 aliphatic carbocycles. The predicted molar refractivity (Wildman–Crippen MR) is 70.6 cm³/mol. The highest BCUT2D eigenvalue weighted by atomic mass is 19.4. The van der Waals surface area contributed by atoms with Crippen molar-refractivity contribution in [3.05, 3.63) is 18.0 Å². The molecule has 1 heterocycles. The van der Waals surface area contributed by atoms with Crippen LogP contribution in [0.5, 0.6) is 0 Å². The predicted octanol–water partition coefficient (Wildman–Crippen LogP) is 4.38. The first kappa shape index (κ1) is 16.7. The van der Waals surface area contributed by atoms with Crippen molar-refractivity contribution in [2.75, 3.05) is 0 Å². The third-order valence-corrected chi connectivity index (χ3v) is 3.14. The van der Waals surface area contributed by atoms with Gasteiger partial charge in [0, 0.05) is 12.7 Å². The minimum Gasteiger partial charge on any atom is -0.284 e. The van der Waals surface area contributed by atoms with E-state index in [-0.39, 0.29) is 5.56 Å². The molecule has 0 fully saturated rings. The lowest BCUT2D eigenvalue weighted by Crippen LogP contribution is -2.22. The van der Waals surface area contributed by atoms with Crippen LogP contribution in [0, 0.1) is 0 Å². The monoisotopic (exact) mass is 290 g/mol. The molecule has 0 atom stereocenters. The molecule has 0 unspecified atom stereocenters. The minimum atomic E-state index is -4.83. The van der Waals surface area contributed by atoms with Crippen molar-refractivity contribution in [1.82, 2.24) is 9.78 Å². The zero-order valence-corrected chi connectivity index (χ0v) is 11.7. The summed E-state index contributed by atoms with van der Waals surface area (Å²) in [5.41, 5.74) is -0.388. The fourth-order valence-electron chi connectivity index (χ4n) is 2.00. The Labute approximate surface area is 117 Å². The summed E-state index contributed by atoms with van der Waals surface area (Å²) in [7, 11) is 0. The Kier molecular flexibility index (Phi) is 6.75. The highest BCUT2D eigenvalue weighted by Gasteiger charge is 2.39. The van der Waals surface area contributed by atoms with E-state index in [0.29, 0.717) is 6.54 Å². The van der Waals surface area contributed by atoms with Crippen molar-refractivity contribution in [2.24, 2.45) is 0 Å². The van der Waals surface area contributed by atoms with E-state index in [0.717, 1.165) is 25.5 Å². The topological polar surface area (TPSA) is 34.9 Å². The maximum atomic E-state index is 12.2. The van der Waals surface area contributed by atoms with E-state index in [1.807, 2.05) is 0 Å². The maximum Gasteiger partial charge on any atom is 0.454 e.